The van der Waals surface area contributed by atoms with Gasteiger partial charge < -0.3 is 15.4 Å². The summed E-state index contributed by atoms with van der Waals surface area (Å²) >= 11 is 5.90. The first-order valence-corrected chi connectivity index (χ1v) is 7.05. The van der Waals surface area contributed by atoms with Crippen molar-refractivity contribution in [3.8, 4) is 5.75 Å². The second-order valence-corrected chi connectivity index (χ2v) is 5.40. The van der Waals surface area contributed by atoms with E-state index in [-0.39, 0.29) is 18.4 Å². The highest BCUT2D eigenvalue weighted by Gasteiger charge is 2.18. The summed E-state index contributed by atoms with van der Waals surface area (Å²) < 4.78 is 5.26. The van der Waals surface area contributed by atoms with Crippen LogP contribution in [-0.4, -0.2) is 18.4 Å². The molecule has 0 saturated heterocycles. The van der Waals surface area contributed by atoms with Crippen molar-refractivity contribution in [3.63, 3.8) is 0 Å². The largest absolute Gasteiger partial charge is 0.482 e. The van der Waals surface area contributed by atoms with Crippen molar-refractivity contribution in [2.45, 2.75) is 6.92 Å². The average molecular weight is 317 g/mol. The second-order valence-electron chi connectivity index (χ2n) is 4.96. The van der Waals surface area contributed by atoms with E-state index in [1.54, 1.807) is 36.4 Å². The van der Waals surface area contributed by atoms with Gasteiger partial charge >= 0.3 is 0 Å². The van der Waals surface area contributed by atoms with Crippen LogP contribution in [0, 0.1) is 6.92 Å². The van der Waals surface area contributed by atoms with Gasteiger partial charge in [0.15, 0.2) is 6.61 Å². The molecular weight excluding hydrogens is 304 g/mol. The third kappa shape index (κ3) is 2.89. The van der Waals surface area contributed by atoms with Gasteiger partial charge in [-0.25, -0.2) is 0 Å². The summed E-state index contributed by atoms with van der Waals surface area (Å²) in [6.07, 6.45) is 0. The molecule has 1 heterocycles. The lowest BCUT2D eigenvalue weighted by atomic mass is 10.1. The molecule has 2 aromatic carbocycles. The van der Waals surface area contributed by atoms with Crippen LogP contribution < -0.4 is 15.4 Å². The van der Waals surface area contributed by atoms with Crippen LogP contribution in [-0.2, 0) is 4.79 Å². The number of carbonyl (C=O) groups is 2. The Labute approximate surface area is 132 Å². The molecule has 1 aliphatic rings. The van der Waals surface area contributed by atoms with E-state index in [1.807, 2.05) is 6.92 Å². The smallest absolute Gasteiger partial charge is 0.262 e. The van der Waals surface area contributed by atoms with E-state index in [9.17, 15) is 9.59 Å². The molecule has 2 N–H and O–H groups in total. The van der Waals surface area contributed by atoms with Crippen LogP contribution in [0.4, 0.5) is 11.4 Å². The molecule has 0 unspecified atom stereocenters. The van der Waals surface area contributed by atoms with E-state index < -0.39 is 0 Å². The van der Waals surface area contributed by atoms with Crippen molar-refractivity contribution < 1.29 is 14.3 Å². The molecule has 0 radical (unpaired) electrons. The van der Waals surface area contributed by atoms with Crippen molar-refractivity contribution in [3.05, 3.63) is 52.5 Å². The van der Waals surface area contributed by atoms with Gasteiger partial charge in [-0.2, -0.15) is 0 Å². The van der Waals surface area contributed by atoms with Crippen LogP contribution >= 0.6 is 11.6 Å². The zero-order valence-corrected chi connectivity index (χ0v) is 12.5. The second kappa shape index (κ2) is 5.69. The Morgan fingerprint density at radius 1 is 1.27 bits per heavy atom. The fourth-order valence-corrected chi connectivity index (χ4v) is 2.41. The van der Waals surface area contributed by atoms with E-state index in [1.165, 1.54) is 0 Å². The highest BCUT2D eigenvalue weighted by Crippen LogP contribution is 2.29. The van der Waals surface area contributed by atoms with E-state index in [2.05, 4.69) is 10.6 Å². The number of rotatable bonds is 2. The number of carbonyl (C=O) groups excluding carboxylic acids is 2. The maximum atomic E-state index is 12.3. The molecule has 3 rings (SSSR count). The van der Waals surface area contributed by atoms with Gasteiger partial charge in [0, 0.05) is 16.3 Å². The Balaban J connectivity index is 1.83. The van der Waals surface area contributed by atoms with Crippen LogP contribution in [0.15, 0.2) is 36.4 Å². The standard InChI is InChI=1S/C16H13ClN2O3/c1-9-6-11(17)3-4-12(9)19-16(21)10-2-5-14-13(7-10)18-15(20)8-22-14/h2-7H,8H2,1H3,(H,18,20)(H,19,21). The summed E-state index contributed by atoms with van der Waals surface area (Å²) in [5, 5.41) is 6.11. The Bertz CT molecular complexity index is 774. The van der Waals surface area contributed by atoms with Crippen molar-refractivity contribution in [2.75, 3.05) is 17.2 Å². The minimum absolute atomic E-state index is 0.0114. The third-order valence-corrected chi connectivity index (χ3v) is 3.55. The fourth-order valence-electron chi connectivity index (χ4n) is 2.19. The molecule has 0 bridgehead atoms. The normalized spacial score (nSPS) is 12.9. The number of halogens is 1. The van der Waals surface area contributed by atoms with Gasteiger partial charge in [-0.1, -0.05) is 11.6 Å². The molecule has 0 spiro atoms. The predicted octanol–water partition coefficient (Wildman–Crippen LogP) is 3.23. The SMILES string of the molecule is Cc1cc(Cl)ccc1NC(=O)c1ccc2c(c1)NC(=O)CO2. The quantitative estimate of drug-likeness (QED) is 0.894. The van der Waals surface area contributed by atoms with Crippen molar-refractivity contribution in [2.24, 2.45) is 0 Å². The molecule has 2 amide bonds. The molecule has 0 atom stereocenters. The van der Waals surface area contributed by atoms with E-state index in [0.29, 0.717) is 27.7 Å². The van der Waals surface area contributed by atoms with Crippen LogP contribution in [0.5, 0.6) is 5.75 Å². The molecule has 0 fully saturated rings. The molecule has 0 aliphatic carbocycles. The molecule has 2 aromatic rings. The lowest BCUT2D eigenvalue weighted by Gasteiger charge is -2.18. The molecule has 0 aromatic heterocycles. The predicted molar refractivity (Wildman–Crippen MR) is 84.7 cm³/mol. The zero-order chi connectivity index (χ0) is 15.7. The van der Waals surface area contributed by atoms with Crippen LogP contribution in [0.1, 0.15) is 15.9 Å². The Kier molecular flexibility index (Phi) is 3.73. The Morgan fingerprint density at radius 3 is 2.86 bits per heavy atom. The minimum Gasteiger partial charge on any atom is -0.482 e. The zero-order valence-electron chi connectivity index (χ0n) is 11.8. The number of hydrogen-bond donors (Lipinski definition) is 2. The fraction of sp³-hybridized carbons (Fsp3) is 0.125. The Morgan fingerprint density at radius 2 is 2.09 bits per heavy atom. The first-order valence-electron chi connectivity index (χ1n) is 6.67. The monoisotopic (exact) mass is 316 g/mol. The van der Waals surface area contributed by atoms with Crippen molar-refractivity contribution in [1.82, 2.24) is 0 Å². The topological polar surface area (TPSA) is 67.4 Å². The number of hydrogen-bond acceptors (Lipinski definition) is 3. The molecule has 22 heavy (non-hydrogen) atoms. The highest BCUT2D eigenvalue weighted by atomic mass is 35.5. The molecule has 112 valence electrons. The average Bonchev–Trinajstić information content (AvgIpc) is 2.49. The summed E-state index contributed by atoms with van der Waals surface area (Å²) in [5.41, 5.74) is 2.48. The van der Waals surface area contributed by atoms with Crippen molar-refractivity contribution >= 4 is 34.8 Å². The number of benzene rings is 2. The molecule has 5 nitrogen and oxygen atoms in total. The van der Waals surface area contributed by atoms with Crippen LogP contribution in [0.3, 0.4) is 0 Å². The number of ether oxygens (including phenoxy) is 1. The first kappa shape index (κ1) is 14.4. The molecule has 0 saturated carbocycles. The van der Waals surface area contributed by atoms with Gasteiger partial charge in [-0.15, -0.1) is 0 Å². The van der Waals surface area contributed by atoms with Gasteiger partial charge in [0.05, 0.1) is 5.69 Å². The maximum absolute atomic E-state index is 12.3. The van der Waals surface area contributed by atoms with Gasteiger partial charge in [0.1, 0.15) is 5.75 Å². The lowest BCUT2D eigenvalue weighted by molar-refractivity contribution is -0.118. The number of aryl methyl sites for hydroxylation is 1. The van der Waals surface area contributed by atoms with Crippen LogP contribution in [0.2, 0.25) is 5.02 Å². The number of nitrogens with one attached hydrogen (secondary N) is 2. The third-order valence-electron chi connectivity index (χ3n) is 3.31. The molecule has 1 aliphatic heterocycles. The molecule has 6 heteroatoms. The number of anilines is 2. The Hall–Kier alpha value is -2.53. The molecular formula is C16H13ClN2O3. The van der Waals surface area contributed by atoms with Gasteiger partial charge in [0.2, 0.25) is 0 Å². The number of fused-ring (bicyclic) bond motifs is 1. The minimum atomic E-state index is -0.270. The van der Waals surface area contributed by atoms with E-state index in [4.69, 9.17) is 16.3 Å². The highest BCUT2D eigenvalue weighted by molar-refractivity contribution is 6.30. The maximum Gasteiger partial charge on any atom is 0.262 e. The first-order chi connectivity index (χ1) is 10.5. The van der Waals surface area contributed by atoms with Crippen LogP contribution in [0.25, 0.3) is 0 Å². The van der Waals surface area contributed by atoms with Gasteiger partial charge in [-0.05, 0) is 48.9 Å². The summed E-state index contributed by atoms with van der Waals surface area (Å²) in [7, 11) is 0. The van der Waals surface area contributed by atoms with Gasteiger partial charge in [-0.3, -0.25) is 9.59 Å². The lowest BCUT2D eigenvalue weighted by Crippen LogP contribution is -2.25. The van der Waals surface area contributed by atoms with E-state index in [0.717, 1.165) is 5.56 Å². The van der Waals surface area contributed by atoms with Crippen molar-refractivity contribution in [1.29, 1.82) is 0 Å². The van der Waals surface area contributed by atoms with Gasteiger partial charge in [0.25, 0.3) is 11.8 Å². The summed E-state index contributed by atoms with van der Waals surface area (Å²) in [6, 6.07) is 10.1. The summed E-state index contributed by atoms with van der Waals surface area (Å²) in [5.74, 6) is 0.0467. The summed E-state index contributed by atoms with van der Waals surface area (Å²) in [6.45, 7) is 1.85. The van der Waals surface area contributed by atoms with E-state index >= 15 is 0 Å². The summed E-state index contributed by atoms with van der Waals surface area (Å²) in [4.78, 5) is 23.6. The number of amides is 2.